The van der Waals surface area contributed by atoms with Crippen LogP contribution in [0.2, 0.25) is 0 Å². The number of carbonyl (C=O) groups excluding carboxylic acids is 1. The first-order chi connectivity index (χ1) is 8.74. The van der Waals surface area contributed by atoms with Crippen LogP contribution in [0.1, 0.15) is 38.5 Å². The molecule has 118 valence electrons. The third kappa shape index (κ3) is 3.79. The fraction of sp³-hybridized carbons (Fsp3) is 0.929. The van der Waals surface area contributed by atoms with Crippen LogP contribution in [0.3, 0.4) is 0 Å². The van der Waals surface area contributed by atoms with Gasteiger partial charge in [-0.05, 0) is 45.7 Å². The fourth-order valence-corrected chi connectivity index (χ4v) is 3.93. The first-order valence-electron chi connectivity index (χ1n) is 7.47. The minimum atomic E-state index is 0. The largest absolute Gasteiger partial charge is 0.353 e. The van der Waals surface area contributed by atoms with Crippen LogP contribution >= 0.6 is 24.8 Å². The summed E-state index contributed by atoms with van der Waals surface area (Å²) in [5, 5.41) is 6.57. The van der Waals surface area contributed by atoms with Crippen molar-refractivity contribution in [1.29, 1.82) is 0 Å². The molecule has 6 heteroatoms. The molecule has 4 nitrogen and oxygen atoms in total. The second-order valence-corrected chi connectivity index (χ2v) is 6.27. The van der Waals surface area contributed by atoms with E-state index in [4.69, 9.17) is 0 Å². The maximum atomic E-state index is 12.2. The zero-order valence-corrected chi connectivity index (χ0v) is 13.8. The highest BCUT2D eigenvalue weighted by Crippen LogP contribution is 2.32. The number of halogens is 2. The summed E-state index contributed by atoms with van der Waals surface area (Å²) in [6.07, 6.45) is 7.30. The summed E-state index contributed by atoms with van der Waals surface area (Å²) in [5.74, 6) is 0.497. The molecule has 3 aliphatic rings. The lowest BCUT2D eigenvalue weighted by Gasteiger charge is -2.47. The summed E-state index contributed by atoms with van der Waals surface area (Å²) >= 11 is 0. The Kier molecular flexibility index (Phi) is 7.06. The molecule has 0 spiro atoms. The van der Waals surface area contributed by atoms with Crippen LogP contribution in [0.4, 0.5) is 0 Å². The van der Waals surface area contributed by atoms with Gasteiger partial charge >= 0.3 is 0 Å². The van der Waals surface area contributed by atoms with Gasteiger partial charge in [-0.2, -0.15) is 0 Å². The predicted octanol–water partition coefficient (Wildman–Crippen LogP) is 1.57. The second-order valence-electron chi connectivity index (χ2n) is 6.27. The Bertz CT molecular complexity index is 310. The zero-order valence-electron chi connectivity index (χ0n) is 12.1. The molecule has 1 amide bonds. The lowest BCUT2D eigenvalue weighted by molar-refractivity contribution is -0.125. The van der Waals surface area contributed by atoms with E-state index < -0.39 is 0 Å². The van der Waals surface area contributed by atoms with Crippen molar-refractivity contribution in [3.63, 3.8) is 0 Å². The van der Waals surface area contributed by atoms with Gasteiger partial charge in [0.2, 0.25) is 5.91 Å². The lowest BCUT2D eigenvalue weighted by Crippen LogP contribution is -2.55. The van der Waals surface area contributed by atoms with Crippen LogP contribution in [-0.2, 0) is 4.79 Å². The van der Waals surface area contributed by atoms with E-state index in [1.807, 2.05) is 0 Å². The molecular formula is C14H27Cl2N3O. The van der Waals surface area contributed by atoms with E-state index in [2.05, 4.69) is 22.6 Å². The van der Waals surface area contributed by atoms with Crippen molar-refractivity contribution >= 4 is 30.7 Å². The van der Waals surface area contributed by atoms with Gasteiger partial charge in [-0.25, -0.2) is 0 Å². The smallest absolute Gasteiger partial charge is 0.224 e. The minimum Gasteiger partial charge on any atom is -0.353 e. The van der Waals surface area contributed by atoms with Crippen LogP contribution in [0.5, 0.6) is 0 Å². The van der Waals surface area contributed by atoms with Gasteiger partial charge in [0.15, 0.2) is 0 Å². The van der Waals surface area contributed by atoms with Crippen molar-refractivity contribution in [3.05, 3.63) is 0 Å². The lowest BCUT2D eigenvalue weighted by atomic mass is 9.82. The number of nitrogens with zero attached hydrogens (tertiary/aromatic N) is 1. The standard InChI is InChI=1S/C14H25N3O.2ClH/c1-17-12-3-2-4-13(17)8-11(7-12)16-14(18)10-5-6-15-9-10;;/h10-13,15H,2-9H2,1H3,(H,16,18);2*1H. The van der Waals surface area contributed by atoms with Gasteiger partial charge in [0.25, 0.3) is 0 Å². The van der Waals surface area contributed by atoms with Crippen molar-refractivity contribution < 1.29 is 4.79 Å². The van der Waals surface area contributed by atoms with E-state index in [9.17, 15) is 4.79 Å². The highest BCUT2D eigenvalue weighted by Gasteiger charge is 2.37. The monoisotopic (exact) mass is 323 g/mol. The van der Waals surface area contributed by atoms with Gasteiger partial charge < -0.3 is 15.5 Å². The molecule has 2 N–H and O–H groups in total. The van der Waals surface area contributed by atoms with Gasteiger partial charge in [-0.1, -0.05) is 6.42 Å². The van der Waals surface area contributed by atoms with Crippen molar-refractivity contribution in [2.24, 2.45) is 5.92 Å². The average molecular weight is 324 g/mol. The fourth-order valence-electron chi connectivity index (χ4n) is 3.93. The second kappa shape index (κ2) is 7.83. The molecule has 0 aromatic carbocycles. The third-order valence-corrected chi connectivity index (χ3v) is 5.12. The number of piperidine rings is 2. The van der Waals surface area contributed by atoms with Crippen LogP contribution in [-0.4, -0.2) is 49.1 Å². The number of amides is 1. The van der Waals surface area contributed by atoms with E-state index in [0.29, 0.717) is 18.1 Å². The van der Waals surface area contributed by atoms with E-state index in [0.717, 1.165) is 32.4 Å². The highest BCUT2D eigenvalue weighted by molar-refractivity contribution is 5.85. The van der Waals surface area contributed by atoms with E-state index >= 15 is 0 Å². The topological polar surface area (TPSA) is 44.4 Å². The molecule has 0 aromatic rings. The molecule has 0 aliphatic carbocycles. The van der Waals surface area contributed by atoms with E-state index in [-0.39, 0.29) is 36.6 Å². The van der Waals surface area contributed by atoms with Crippen LogP contribution in [0.25, 0.3) is 0 Å². The summed E-state index contributed by atoms with van der Waals surface area (Å²) in [6, 6.07) is 1.82. The molecule has 0 aromatic heterocycles. The summed E-state index contributed by atoms with van der Waals surface area (Å²) < 4.78 is 0. The Hall–Kier alpha value is -0.0300. The molecule has 0 radical (unpaired) electrons. The molecular weight excluding hydrogens is 297 g/mol. The van der Waals surface area contributed by atoms with Gasteiger partial charge in [0.1, 0.15) is 0 Å². The Balaban J connectivity index is 0.000001000. The molecule has 3 heterocycles. The molecule has 3 fully saturated rings. The Labute approximate surface area is 134 Å². The summed E-state index contributed by atoms with van der Waals surface area (Å²) in [7, 11) is 2.26. The number of fused-ring (bicyclic) bond motifs is 2. The number of nitrogens with one attached hydrogen (secondary N) is 2. The van der Waals surface area contributed by atoms with Gasteiger partial charge in [0, 0.05) is 24.7 Å². The predicted molar refractivity (Wildman–Crippen MR) is 85.8 cm³/mol. The number of carbonyl (C=O) groups is 1. The van der Waals surface area contributed by atoms with Crippen molar-refractivity contribution in [2.45, 2.75) is 56.7 Å². The number of hydrogen-bond donors (Lipinski definition) is 2. The van der Waals surface area contributed by atoms with Crippen molar-refractivity contribution in [1.82, 2.24) is 15.5 Å². The van der Waals surface area contributed by atoms with Crippen LogP contribution < -0.4 is 10.6 Å². The number of hydrogen-bond acceptors (Lipinski definition) is 3. The molecule has 3 rings (SSSR count). The quantitative estimate of drug-likeness (QED) is 0.810. The van der Waals surface area contributed by atoms with Gasteiger partial charge in [-0.15, -0.1) is 24.8 Å². The van der Waals surface area contributed by atoms with Gasteiger partial charge in [-0.3, -0.25) is 4.79 Å². The molecule has 3 unspecified atom stereocenters. The first kappa shape index (κ1) is 18.0. The van der Waals surface area contributed by atoms with E-state index in [1.165, 1.54) is 19.3 Å². The summed E-state index contributed by atoms with van der Waals surface area (Å²) in [6.45, 7) is 1.86. The van der Waals surface area contributed by atoms with Crippen molar-refractivity contribution in [2.75, 3.05) is 20.1 Å². The SMILES string of the molecule is CN1C2CCCC1CC(NC(=O)C1CCNC1)C2.Cl.Cl. The zero-order chi connectivity index (χ0) is 12.5. The molecule has 3 aliphatic heterocycles. The molecule has 3 saturated heterocycles. The minimum absolute atomic E-state index is 0. The molecule has 0 saturated carbocycles. The van der Waals surface area contributed by atoms with Crippen LogP contribution in [0, 0.1) is 5.92 Å². The maximum absolute atomic E-state index is 12.2. The first-order valence-corrected chi connectivity index (χ1v) is 7.47. The van der Waals surface area contributed by atoms with Crippen LogP contribution in [0.15, 0.2) is 0 Å². The molecule has 20 heavy (non-hydrogen) atoms. The van der Waals surface area contributed by atoms with E-state index in [1.54, 1.807) is 0 Å². The maximum Gasteiger partial charge on any atom is 0.224 e. The Morgan fingerprint density at radius 3 is 2.35 bits per heavy atom. The molecule has 2 bridgehead atoms. The van der Waals surface area contributed by atoms with Gasteiger partial charge in [0.05, 0.1) is 5.92 Å². The third-order valence-electron chi connectivity index (χ3n) is 5.12. The summed E-state index contributed by atoms with van der Waals surface area (Å²) in [4.78, 5) is 14.7. The summed E-state index contributed by atoms with van der Waals surface area (Å²) in [5.41, 5.74) is 0. The van der Waals surface area contributed by atoms with Crippen molar-refractivity contribution in [3.8, 4) is 0 Å². The molecule has 3 atom stereocenters. The average Bonchev–Trinajstić information content (AvgIpc) is 2.84. The Morgan fingerprint density at radius 1 is 1.15 bits per heavy atom. The Morgan fingerprint density at radius 2 is 1.80 bits per heavy atom. The highest BCUT2D eigenvalue weighted by atomic mass is 35.5. The normalized spacial score (nSPS) is 36.6. The number of rotatable bonds is 2.